The van der Waals surface area contributed by atoms with Crippen molar-refractivity contribution in [2.75, 3.05) is 7.11 Å². The molecule has 5 heteroatoms. The number of aromatic amines is 1. The van der Waals surface area contributed by atoms with Gasteiger partial charge in [-0.15, -0.1) is 0 Å². The maximum atomic E-state index is 12.8. The number of rotatable bonds is 6. The molecule has 0 aliphatic heterocycles. The number of methoxy groups -OCH3 is 1. The molecule has 2 atom stereocenters. The van der Waals surface area contributed by atoms with Crippen molar-refractivity contribution in [3.05, 3.63) is 58.4 Å². The van der Waals surface area contributed by atoms with Crippen LogP contribution in [-0.4, -0.2) is 29.9 Å². The van der Waals surface area contributed by atoms with Gasteiger partial charge in [-0.2, -0.15) is 0 Å². The molecule has 1 aromatic carbocycles. The summed E-state index contributed by atoms with van der Waals surface area (Å²) in [7, 11) is 1.33. The number of carbonyl (C=O) groups excluding carboxylic acids is 2. The summed E-state index contributed by atoms with van der Waals surface area (Å²) in [6.45, 7) is 7.37. The first kappa shape index (κ1) is 17.9. The largest absolute Gasteiger partial charge is 0.465 e. The van der Waals surface area contributed by atoms with Gasteiger partial charge >= 0.3 is 5.97 Å². The quantitative estimate of drug-likeness (QED) is 0.630. The zero-order valence-electron chi connectivity index (χ0n) is 14.8. The molecule has 0 saturated carbocycles. The van der Waals surface area contributed by atoms with E-state index in [1.807, 2.05) is 44.2 Å². The van der Waals surface area contributed by atoms with Crippen molar-refractivity contribution < 1.29 is 14.3 Å². The van der Waals surface area contributed by atoms with E-state index in [4.69, 9.17) is 4.74 Å². The average molecular weight is 328 g/mol. The second-order valence-corrected chi connectivity index (χ2v) is 6.00. The fourth-order valence-electron chi connectivity index (χ4n) is 2.91. The van der Waals surface area contributed by atoms with Gasteiger partial charge in [-0.25, -0.2) is 4.79 Å². The summed E-state index contributed by atoms with van der Waals surface area (Å²) in [6, 6.07) is 9.61. The Kier molecular flexibility index (Phi) is 5.57. The van der Waals surface area contributed by atoms with Crippen LogP contribution >= 0.6 is 0 Å². The molecule has 0 aliphatic rings. The van der Waals surface area contributed by atoms with Gasteiger partial charge in [0.15, 0.2) is 5.78 Å². The van der Waals surface area contributed by atoms with E-state index >= 15 is 0 Å². The molecular weight excluding hydrogens is 304 g/mol. The molecule has 0 radical (unpaired) electrons. The standard InChI is InChI=1S/C19H24N2O3/c1-11-16(19(23)24-5)13(3)21-17(11)18(22)14(4)20-12(2)15-9-7-6-8-10-15/h6-10,12,14,20-21H,1-5H3/t12-,14-/m1/s1. The van der Waals surface area contributed by atoms with Crippen molar-refractivity contribution in [1.82, 2.24) is 10.3 Å². The van der Waals surface area contributed by atoms with Gasteiger partial charge < -0.3 is 15.0 Å². The molecule has 0 bridgehead atoms. The Morgan fingerprint density at radius 3 is 2.33 bits per heavy atom. The van der Waals surface area contributed by atoms with Crippen molar-refractivity contribution in [2.45, 2.75) is 39.8 Å². The predicted octanol–water partition coefficient (Wildman–Crippen LogP) is 3.34. The van der Waals surface area contributed by atoms with Gasteiger partial charge in [0.05, 0.1) is 24.4 Å². The highest BCUT2D eigenvalue weighted by Crippen LogP contribution is 2.21. The summed E-state index contributed by atoms with van der Waals surface area (Å²) < 4.78 is 4.79. The van der Waals surface area contributed by atoms with E-state index in [0.717, 1.165) is 5.56 Å². The molecule has 128 valence electrons. The van der Waals surface area contributed by atoms with Gasteiger partial charge in [0.2, 0.25) is 0 Å². The van der Waals surface area contributed by atoms with Crippen LogP contribution in [0.5, 0.6) is 0 Å². The van der Waals surface area contributed by atoms with Crippen LogP contribution in [0.25, 0.3) is 0 Å². The molecule has 0 spiro atoms. The molecule has 2 rings (SSSR count). The fourth-order valence-corrected chi connectivity index (χ4v) is 2.91. The van der Waals surface area contributed by atoms with Crippen molar-refractivity contribution in [1.29, 1.82) is 0 Å². The van der Waals surface area contributed by atoms with Crippen LogP contribution in [-0.2, 0) is 4.74 Å². The number of nitrogens with one attached hydrogen (secondary N) is 2. The lowest BCUT2D eigenvalue weighted by Gasteiger charge is -2.19. The van der Waals surface area contributed by atoms with Crippen LogP contribution in [0.15, 0.2) is 30.3 Å². The maximum absolute atomic E-state index is 12.8. The summed E-state index contributed by atoms with van der Waals surface area (Å²) in [4.78, 5) is 27.6. The Bertz CT molecular complexity index is 735. The first-order chi connectivity index (χ1) is 11.4. The molecule has 0 fully saturated rings. The molecule has 1 aromatic heterocycles. The minimum absolute atomic E-state index is 0.0431. The molecule has 0 amide bonds. The first-order valence-corrected chi connectivity index (χ1v) is 7.99. The molecule has 24 heavy (non-hydrogen) atoms. The SMILES string of the molecule is COC(=O)c1c(C)[nH]c(C(=O)[C@@H](C)N[C@H](C)c2ccccc2)c1C. The monoisotopic (exact) mass is 328 g/mol. The van der Waals surface area contributed by atoms with Crippen molar-refractivity contribution in [3.63, 3.8) is 0 Å². The first-order valence-electron chi connectivity index (χ1n) is 7.99. The van der Waals surface area contributed by atoms with E-state index in [0.29, 0.717) is 22.5 Å². The number of carbonyl (C=O) groups is 2. The highest BCUT2D eigenvalue weighted by molar-refractivity contribution is 6.03. The number of ketones is 1. The lowest BCUT2D eigenvalue weighted by atomic mass is 10.0. The number of hydrogen-bond acceptors (Lipinski definition) is 4. The molecule has 2 N–H and O–H groups in total. The summed E-state index contributed by atoms with van der Waals surface area (Å²) in [6.07, 6.45) is 0. The van der Waals surface area contributed by atoms with Gasteiger partial charge in [-0.05, 0) is 38.8 Å². The Morgan fingerprint density at radius 1 is 1.12 bits per heavy atom. The van der Waals surface area contributed by atoms with Crippen LogP contribution in [0, 0.1) is 13.8 Å². The zero-order chi connectivity index (χ0) is 17.9. The van der Waals surface area contributed by atoms with Crippen molar-refractivity contribution in [3.8, 4) is 0 Å². The van der Waals surface area contributed by atoms with E-state index in [9.17, 15) is 9.59 Å². The van der Waals surface area contributed by atoms with E-state index in [2.05, 4.69) is 10.3 Å². The number of benzene rings is 1. The van der Waals surface area contributed by atoms with Crippen LogP contribution in [0.1, 0.15) is 57.6 Å². The third kappa shape index (κ3) is 3.57. The minimum Gasteiger partial charge on any atom is -0.465 e. The highest BCUT2D eigenvalue weighted by Gasteiger charge is 2.26. The second kappa shape index (κ2) is 7.45. The molecule has 5 nitrogen and oxygen atoms in total. The van der Waals surface area contributed by atoms with Gasteiger partial charge in [0.1, 0.15) is 0 Å². The number of hydrogen-bond donors (Lipinski definition) is 2. The van der Waals surface area contributed by atoms with Crippen LogP contribution in [0.3, 0.4) is 0 Å². The second-order valence-electron chi connectivity index (χ2n) is 6.00. The molecule has 0 saturated heterocycles. The maximum Gasteiger partial charge on any atom is 0.339 e. The Labute approximate surface area is 142 Å². The van der Waals surface area contributed by atoms with Crippen LogP contribution < -0.4 is 5.32 Å². The lowest BCUT2D eigenvalue weighted by molar-refractivity contribution is 0.0599. The normalized spacial score (nSPS) is 13.4. The van der Waals surface area contributed by atoms with Crippen LogP contribution in [0.4, 0.5) is 0 Å². The number of esters is 1. The fraction of sp³-hybridized carbons (Fsp3) is 0.368. The summed E-state index contributed by atoms with van der Waals surface area (Å²) in [5, 5.41) is 3.31. The number of aromatic nitrogens is 1. The van der Waals surface area contributed by atoms with E-state index in [1.165, 1.54) is 7.11 Å². The molecule has 1 heterocycles. The van der Waals surface area contributed by atoms with E-state index in [-0.39, 0.29) is 17.9 Å². The van der Waals surface area contributed by atoms with Gasteiger partial charge in [-0.1, -0.05) is 30.3 Å². The Balaban J connectivity index is 2.18. The molecule has 2 aromatic rings. The summed E-state index contributed by atoms with van der Waals surface area (Å²) in [5.74, 6) is -0.507. The summed E-state index contributed by atoms with van der Waals surface area (Å²) in [5.41, 5.74) is 3.28. The molecular formula is C19H24N2O3. The zero-order valence-corrected chi connectivity index (χ0v) is 14.8. The number of ether oxygens (including phenoxy) is 1. The molecule has 0 aliphatic carbocycles. The number of H-pyrrole nitrogens is 1. The summed E-state index contributed by atoms with van der Waals surface area (Å²) >= 11 is 0. The van der Waals surface area contributed by atoms with E-state index in [1.54, 1.807) is 13.8 Å². The van der Waals surface area contributed by atoms with E-state index < -0.39 is 5.97 Å². The van der Waals surface area contributed by atoms with Gasteiger partial charge in [0.25, 0.3) is 0 Å². The van der Waals surface area contributed by atoms with Crippen LogP contribution in [0.2, 0.25) is 0 Å². The average Bonchev–Trinajstić information content (AvgIpc) is 2.88. The Hall–Kier alpha value is -2.40. The Morgan fingerprint density at radius 2 is 1.75 bits per heavy atom. The minimum atomic E-state index is -0.432. The third-order valence-electron chi connectivity index (χ3n) is 4.27. The smallest absolute Gasteiger partial charge is 0.339 e. The van der Waals surface area contributed by atoms with Gasteiger partial charge in [0, 0.05) is 11.7 Å². The number of aryl methyl sites for hydroxylation is 1. The predicted molar refractivity (Wildman–Crippen MR) is 93.4 cm³/mol. The van der Waals surface area contributed by atoms with Gasteiger partial charge in [-0.3, -0.25) is 4.79 Å². The third-order valence-corrected chi connectivity index (χ3v) is 4.27. The molecule has 0 unspecified atom stereocenters. The lowest BCUT2D eigenvalue weighted by Crippen LogP contribution is -2.36. The van der Waals surface area contributed by atoms with Crippen molar-refractivity contribution in [2.24, 2.45) is 0 Å². The number of Topliss-reactive ketones (excluding diaryl/α,β-unsaturated/α-hetero) is 1. The topological polar surface area (TPSA) is 71.2 Å². The highest BCUT2D eigenvalue weighted by atomic mass is 16.5. The van der Waals surface area contributed by atoms with Crippen molar-refractivity contribution >= 4 is 11.8 Å².